The number of halogens is 3. The summed E-state index contributed by atoms with van der Waals surface area (Å²) in [7, 11) is 1.32. The molecule has 0 radical (unpaired) electrons. The van der Waals surface area contributed by atoms with Crippen molar-refractivity contribution in [3.05, 3.63) is 81.2 Å². The van der Waals surface area contributed by atoms with E-state index in [0.717, 1.165) is 34.5 Å². The fourth-order valence-electron chi connectivity index (χ4n) is 3.90. The van der Waals surface area contributed by atoms with E-state index in [9.17, 15) is 23.5 Å². The largest absolute Gasteiger partial charge is 0.495 e. The first kappa shape index (κ1) is 24.4. The molecule has 4 rings (SSSR count). The van der Waals surface area contributed by atoms with Crippen molar-refractivity contribution < 1.29 is 27.8 Å². The van der Waals surface area contributed by atoms with Crippen LogP contribution in [0.15, 0.2) is 46.1 Å². The van der Waals surface area contributed by atoms with Crippen LogP contribution in [0.1, 0.15) is 35.5 Å². The summed E-state index contributed by atoms with van der Waals surface area (Å²) < 4.78 is 49.3. The second-order valence-electron chi connectivity index (χ2n) is 8.26. The van der Waals surface area contributed by atoms with Gasteiger partial charge in [-0.1, -0.05) is 6.07 Å². The predicted octanol–water partition coefficient (Wildman–Crippen LogP) is 5.17. The van der Waals surface area contributed by atoms with E-state index in [2.05, 4.69) is 9.97 Å². The summed E-state index contributed by atoms with van der Waals surface area (Å²) in [5.41, 5.74) is -0.859. The van der Waals surface area contributed by atoms with Gasteiger partial charge in [0, 0.05) is 16.4 Å². The Kier molecular flexibility index (Phi) is 6.14. The number of aromatic amines is 1. The minimum atomic E-state index is -1.31. The molecule has 0 atom stereocenters. The van der Waals surface area contributed by atoms with Crippen LogP contribution in [-0.2, 0) is 4.75 Å². The highest BCUT2D eigenvalue weighted by Crippen LogP contribution is 2.47. The molecule has 2 aromatic heterocycles. The van der Waals surface area contributed by atoms with Crippen LogP contribution in [0.25, 0.3) is 16.9 Å². The predicted molar refractivity (Wildman–Crippen MR) is 125 cm³/mol. The lowest BCUT2D eigenvalue weighted by atomic mass is 10.0. The lowest BCUT2D eigenvalue weighted by molar-refractivity contribution is 0.0690. The molecule has 4 aromatic rings. The Bertz CT molecular complexity index is 1530. The minimum absolute atomic E-state index is 0.0770. The molecule has 0 saturated heterocycles. The number of H-pyrrole nitrogens is 1. The van der Waals surface area contributed by atoms with Crippen molar-refractivity contribution in [2.45, 2.75) is 30.4 Å². The van der Waals surface area contributed by atoms with Gasteiger partial charge in [0.2, 0.25) is 0 Å². The molecule has 0 aliphatic carbocycles. The number of nitrogens with one attached hydrogen (secondary N) is 1. The molecule has 2 N–H and O–H groups in total. The van der Waals surface area contributed by atoms with E-state index in [1.807, 2.05) is 0 Å². The van der Waals surface area contributed by atoms with Gasteiger partial charge in [0.25, 0.3) is 0 Å². The van der Waals surface area contributed by atoms with Crippen molar-refractivity contribution in [1.29, 1.82) is 0 Å². The Labute approximate surface area is 201 Å². The number of hydrogen-bond donors (Lipinski definition) is 2. The molecular weight excluding hydrogens is 483 g/mol. The Balaban J connectivity index is 1.93. The molecule has 182 valence electrons. The van der Waals surface area contributed by atoms with Crippen molar-refractivity contribution in [3.8, 4) is 11.4 Å². The fourth-order valence-corrected chi connectivity index (χ4v) is 5.16. The minimum Gasteiger partial charge on any atom is -0.495 e. The summed E-state index contributed by atoms with van der Waals surface area (Å²) in [6.07, 6.45) is 0. The van der Waals surface area contributed by atoms with Crippen LogP contribution < -0.4 is 10.4 Å². The number of aryl methyl sites for hydroxylation is 1. The maximum absolute atomic E-state index is 15.2. The van der Waals surface area contributed by atoms with E-state index in [1.165, 1.54) is 25.3 Å². The number of carboxylic acid groups (broad SMARTS) is 1. The molecule has 2 aromatic carbocycles. The third kappa shape index (κ3) is 4.27. The van der Waals surface area contributed by atoms with E-state index in [4.69, 9.17) is 4.74 Å². The van der Waals surface area contributed by atoms with Crippen LogP contribution in [0.2, 0.25) is 0 Å². The summed E-state index contributed by atoms with van der Waals surface area (Å²) in [6, 6.07) is 7.20. The van der Waals surface area contributed by atoms with Gasteiger partial charge in [-0.3, -0.25) is 0 Å². The second kappa shape index (κ2) is 8.81. The van der Waals surface area contributed by atoms with Crippen LogP contribution in [-0.4, -0.2) is 32.7 Å². The second-order valence-corrected chi connectivity index (χ2v) is 9.92. The van der Waals surface area contributed by atoms with Gasteiger partial charge in [-0.25, -0.2) is 32.3 Å². The first-order chi connectivity index (χ1) is 16.4. The van der Waals surface area contributed by atoms with Crippen LogP contribution in [0.4, 0.5) is 13.2 Å². The first-order valence-electron chi connectivity index (χ1n) is 10.3. The number of hydrogen-bond acceptors (Lipinski definition) is 5. The average Bonchev–Trinajstić information content (AvgIpc) is 3.10. The first-order valence-corrected chi connectivity index (χ1v) is 11.1. The van der Waals surface area contributed by atoms with Gasteiger partial charge in [-0.2, -0.15) is 0 Å². The van der Waals surface area contributed by atoms with Gasteiger partial charge in [0.1, 0.15) is 17.4 Å². The number of thioether (sulfide) groups is 1. The average molecular weight is 504 g/mol. The summed E-state index contributed by atoms with van der Waals surface area (Å²) in [4.78, 5) is 31.2. The maximum atomic E-state index is 15.2. The standard InChI is InChI=1S/C24H20F3N3O4S/c1-11-8-15(22(31)32)28-21-20(11)29-23(33)30(21)16-10-18(17(34-4)9-14(16)27)35-24(2,3)19-12(25)6-5-7-13(19)26/h5-10H,1-4H3,(H,29,33)(H,31,32). The Hall–Kier alpha value is -3.73. The highest BCUT2D eigenvalue weighted by atomic mass is 32.2. The van der Waals surface area contributed by atoms with E-state index >= 15 is 4.39 Å². The topological polar surface area (TPSA) is 97.2 Å². The van der Waals surface area contributed by atoms with E-state index in [-0.39, 0.29) is 33.9 Å². The molecule has 0 fully saturated rings. The highest BCUT2D eigenvalue weighted by molar-refractivity contribution is 8.00. The number of rotatable bonds is 6. The summed E-state index contributed by atoms with van der Waals surface area (Å²) in [5.74, 6) is -3.54. The quantitative estimate of drug-likeness (QED) is 0.352. The van der Waals surface area contributed by atoms with Gasteiger partial charge < -0.3 is 14.8 Å². The van der Waals surface area contributed by atoms with Gasteiger partial charge in [-0.15, -0.1) is 11.8 Å². The molecule has 7 nitrogen and oxygen atoms in total. The van der Waals surface area contributed by atoms with E-state index in [1.54, 1.807) is 20.8 Å². The summed E-state index contributed by atoms with van der Waals surface area (Å²) in [6.45, 7) is 4.79. The highest BCUT2D eigenvalue weighted by Gasteiger charge is 2.31. The third-order valence-corrected chi connectivity index (χ3v) is 6.72. The number of methoxy groups -OCH3 is 1. The normalized spacial score (nSPS) is 11.7. The smallest absolute Gasteiger partial charge is 0.354 e. The fraction of sp³-hybridized carbons (Fsp3) is 0.208. The van der Waals surface area contributed by atoms with Crippen molar-refractivity contribution in [3.63, 3.8) is 0 Å². The molecule has 11 heteroatoms. The number of pyridine rings is 1. The number of ether oxygens (including phenoxy) is 1. The molecule has 0 spiro atoms. The van der Waals surface area contributed by atoms with Crippen molar-refractivity contribution in [1.82, 2.24) is 14.5 Å². The zero-order valence-corrected chi connectivity index (χ0v) is 19.9. The van der Waals surface area contributed by atoms with E-state index in [0.29, 0.717) is 10.5 Å². The van der Waals surface area contributed by atoms with Gasteiger partial charge in [-0.05, 0) is 50.6 Å². The molecule has 0 saturated carbocycles. The summed E-state index contributed by atoms with van der Waals surface area (Å²) >= 11 is 1.01. The maximum Gasteiger partial charge on any atom is 0.354 e. The van der Waals surface area contributed by atoms with Crippen LogP contribution in [0.5, 0.6) is 5.75 Å². The molecule has 0 amide bonds. The van der Waals surface area contributed by atoms with Gasteiger partial charge in [0.05, 0.1) is 23.2 Å². The van der Waals surface area contributed by atoms with Crippen molar-refractivity contribution in [2.75, 3.05) is 7.11 Å². The number of nitrogens with zero attached hydrogens (tertiary/aromatic N) is 2. The number of carboxylic acids is 1. The molecule has 2 heterocycles. The van der Waals surface area contributed by atoms with Crippen molar-refractivity contribution >= 4 is 28.9 Å². The zero-order chi connectivity index (χ0) is 25.7. The lowest BCUT2D eigenvalue weighted by Gasteiger charge is -2.27. The summed E-state index contributed by atoms with van der Waals surface area (Å²) in [5, 5.41) is 9.37. The van der Waals surface area contributed by atoms with Gasteiger partial charge >= 0.3 is 11.7 Å². The van der Waals surface area contributed by atoms with Crippen molar-refractivity contribution in [2.24, 2.45) is 0 Å². The molecule has 35 heavy (non-hydrogen) atoms. The number of imidazole rings is 1. The van der Waals surface area contributed by atoms with Crippen LogP contribution in [0, 0.1) is 24.4 Å². The van der Waals surface area contributed by atoms with Gasteiger partial charge in [0.15, 0.2) is 17.2 Å². The zero-order valence-electron chi connectivity index (χ0n) is 19.1. The van der Waals surface area contributed by atoms with E-state index < -0.39 is 33.9 Å². The Morgan fingerprint density at radius 3 is 2.40 bits per heavy atom. The molecular formula is C24H20F3N3O4S. The number of fused-ring (bicyclic) bond motifs is 1. The molecule has 0 bridgehead atoms. The monoisotopic (exact) mass is 503 g/mol. The number of aromatic nitrogens is 3. The molecule has 0 unspecified atom stereocenters. The Morgan fingerprint density at radius 2 is 1.80 bits per heavy atom. The SMILES string of the molecule is COc1cc(F)c(-n2c(=O)[nH]c3c(C)cc(C(=O)O)nc32)cc1SC(C)(C)c1c(F)cccc1F. The molecule has 0 aliphatic heterocycles. The third-order valence-electron chi connectivity index (χ3n) is 5.47. The molecule has 0 aliphatic rings. The number of aromatic carboxylic acids is 1. The number of benzene rings is 2. The van der Waals surface area contributed by atoms with Crippen LogP contribution >= 0.6 is 11.8 Å². The van der Waals surface area contributed by atoms with Crippen LogP contribution in [0.3, 0.4) is 0 Å². The Morgan fingerprint density at radius 1 is 1.14 bits per heavy atom. The lowest BCUT2D eigenvalue weighted by Crippen LogP contribution is -2.18. The number of carbonyl (C=O) groups is 1.